The van der Waals surface area contributed by atoms with Crippen LogP contribution in [0.3, 0.4) is 0 Å². The molecule has 266 valence electrons. The van der Waals surface area contributed by atoms with Crippen molar-refractivity contribution < 1.29 is 29.0 Å². The van der Waals surface area contributed by atoms with Gasteiger partial charge in [0.05, 0.1) is 25.4 Å². The molecule has 0 bridgehead atoms. The van der Waals surface area contributed by atoms with Crippen LogP contribution >= 0.6 is 0 Å². The van der Waals surface area contributed by atoms with Crippen LogP contribution in [0.25, 0.3) is 0 Å². The van der Waals surface area contributed by atoms with E-state index in [0.29, 0.717) is 25.4 Å². The summed E-state index contributed by atoms with van der Waals surface area (Å²) in [6, 6.07) is 23.8. The van der Waals surface area contributed by atoms with Gasteiger partial charge in [0, 0.05) is 48.5 Å². The van der Waals surface area contributed by atoms with Gasteiger partial charge in [-0.05, 0) is 86.9 Å². The van der Waals surface area contributed by atoms with E-state index < -0.39 is 25.5 Å². The lowest BCUT2D eigenvalue weighted by Gasteiger charge is -2.44. The van der Waals surface area contributed by atoms with Gasteiger partial charge < -0.3 is 34.5 Å². The number of rotatable bonds is 8. The molecule has 50 heavy (non-hydrogen) atoms. The molecule has 10 nitrogen and oxygen atoms in total. The topological polar surface area (TPSA) is 115 Å². The number of para-hydroxylation sites is 1. The molecule has 2 amide bonds. The number of amides is 2. The molecule has 4 aliphatic rings. The summed E-state index contributed by atoms with van der Waals surface area (Å²) in [5, 5.41) is 13.7. The van der Waals surface area contributed by atoms with Crippen molar-refractivity contribution in [3.8, 4) is 5.75 Å². The fourth-order valence-corrected chi connectivity index (χ4v) is 10.7. The van der Waals surface area contributed by atoms with Crippen LogP contribution in [0.15, 0.2) is 72.8 Å². The van der Waals surface area contributed by atoms with E-state index in [0.717, 1.165) is 54.0 Å². The molecule has 0 saturated carbocycles. The Labute approximate surface area is 296 Å². The van der Waals surface area contributed by atoms with Crippen LogP contribution in [0.5, 0.6) is 5.75 Å². The zero-order valence-corrected chi connectivity index (χ0v) is 30.5. The molecule has 7 rings (SSSR count). The maximum absolute atomic E-state index is 14.4. The van der Waals surface area contributed by atoms with Crippen LogP contribution < -0.4 is 19.9 Å². The molecule has 1 unspecified atom stereocenters. The van der Waals surface area contributed by atoms with E-state index in [2.05, 4.69) is 35.3 Å². The van der Waals surface area contributed by atoms with Gasteiger partial charge in [-0.1, -0.05) is 49.4 Å². The molecule has 3 aromatic rings. The molecule has 1 spiro atoms. The number of anilines is 2. The lowest BCUT2D eigenvalue weighted by atomic mass is 9.85. The quantitative estimate of drug-likeness (QED) is 0.293. The van der Waals surface area contributed by atoms with Crippen molar-refractivity contribution in [3.05, 3.63) is 89.5 Å². The number of carbonyl (C=O) groups is 2. The summed E-state index contributed by atoms with van der Waals surface area (Å²) < 4.78 is 12.9. The third-order valence-corrected chi connectivity index (χ3v) is 14.0. The second-order valence-corrected chi connectivity index (χ2v) is 19.1. The van der Waals surface area contributed by atoms with Crippen molar-refractivity contribution >= 4 is 31.5 Å². The average molecular weight is 699 g/mol. The van der Waals surface area contributed by atoms with Gasteiger partial charge in [0.25, 0.3) is 5.91 Å². The number of fused-ring (bicyclic) bond motifs is 2. The Balaban J connectivity index is 1.16. The second kappa shape index (κ2) is 13.8. The number of aliphatic hydroxyl groups is 1. The van der Waals surface area contributed by atoms with E-state index in [9.17, 15) is 19.5 Å². The number of hydrogen-bond acceptors (Lipinski definition) is 8. The van der Waals surface area contributed by atoms with E-state index in [1.807, 2.05) is 72.6 Å². The fraction of sp³-hybridized carbons (Fsp3) is 0.487. The maximum atomic E-state index is 14.4. The lowest BCUT2D eigenvalue weighted by Crippen LogP contribution is -2.55. The van der Waals surface area contributed by atoms with Gasteiger partial charge in [-0.25, -0.2) is 0 Å². The first-order valence-corrected chi connectivity index (χ1v) is 21.0. The minimum absolute atomic E-state index is 0.0913. The highest BCUT2D eigenvalue weighted by molar-refractivity contribution is 6.71. The van der Waals surface area contributed by atoms with Gasteiger partial charge in [0.2, 0.25) is 5.91 Å². The van der Waals surface area contributed by atoms with Gasteiger partial charge in [-0.15, -0.1) is 0 Å². The molecule has 0 aliphatic carbocycles. The number of hydrogen-bond donors (Lipinski definition) is 3. The summed E-state index contributed by atoms with van der Waals surface area (Å²) >= 11 is 0. The third-order valence-electron chi connectivity index (χ3n) is 11.7. The maximum Gasteiger partial charge on any atom is 0.254 e. The molecule has 0 radical (unpaired) electrons. The summed E-state index contributed by atoms with van der Waals surface area (Å²) in [5.41, 5.74) is 3.89. The van der Waals surface area contributed by atoms with E-state index in [1.54, 1.807) is 12.0 Å². The molecular weight excluding hydrogens is 649 g/mol. The van der Waals surface area contributed by atoms with Gasteiger partial charge >= 0.3 is 0 Å². The molecule has 11 heteroatoms. The zero-order chi connectivity index (χ0) is 35.2. The van der Waals surface area contributed by atoms with Gasteiger partial charge in [-0.2, -0.15) is 0 Å². The van der Waals surface area contributed by atoms with Crippen molar-refractivity contribution in [2.75, 3.05) is 43.3 Å². The van der Waals surface area contributed by atoms with Crippen molar-refractivity contribution in [1.29, 1.82) is 0 Å². The summed E-state index contributed by atoms with van der Waals surface area (Å²) in [7, 11) is -1.29. The molecule has 0 aromatic heterocycles. The van der Waals surface area contributed by atoms with Crippen molar-refractivity contribution in [3.63, 3.8) is 0 Å². The van der Waals surface area contributed by atoms with Crippen molar-refractivity contribution in [1.82, 2.24) is 10.2 Å². The Kier molecular flexibility index (Phi) is 9.55. The minimum atomic E-state index is -2.97. The number of nitrogens with zero attached hydrogens (tertiary/aromatic N) is 3. The highest BCUT2D eigenvalue weighted by Gasteiger charge is 2.54. The van der Waals surface area contributed by atoms with Crippen LogP contribution in [0, 0.1) is 5.92 Å². The molecule has 4 heterocycles. The van der Waals surface area contributed by atoms with E-state index in [4.69, 9.17) is 9.47 Å². The molecule has 2 fully saturated rings. The molecule has 3 aromatic carbocycles. The predicted octanol–water partition coefficient (Wildman–Crippen LogP) is 4.61. The Morgan fingerprint density at radius 3 is 2.42 bits per heavy atom. The van der Waals surface area contributed by atoms with Crippen LogP contribution in [0.1, 0.15) is 49.0 Å². The zero-order valence-electron chi connectivity index (χ0n) is 29.5. The van der Waals surface area contributed by atoms with Crippen LogP contribution in [-0.2, 0) is 27.3 Å². The highest BCUT2D eigenvalue weighted by atomic mass is 28.4. The van der Waals surface area contributed by atoms with E-state index in [1.165, 1.54) is 0 Å². The summed E-state index contributed by atoms with van der Waals surface area (Å²) in [6.07, 6.45) is 1.32. The van der Waals surface area contributed by atoms with E-state index >= 15 is 0 Å². The average Bonchev–Trinajstić information content (AvgIpc) is 3.40. The van der Waals surface area contributed by atoms with Gasteiger partial charge in [-0.3, -0.25) is 14.5 Å². The fourth-order valence-electron chi connectivity index (χ4n) is 8.82. The molecule has 4 aliphatic heterocycles. The van der Waals surface area contributed by atoms with Crippen LogP contribution in [0.4, 0.5) is 11.4 Å². The summed E-state index contributed by atoms with van der Waals surface area (Å²) in [6.45, 7) is 8.11. The number of nitrogens with one attached hydrogen (secondary N) is 1. The number of aliphatic hydroxyl groups excluding tert-OH is 1. The lowest BCUT2D eigenvalue weighted by molar-refractivity contribution is -0.137. The molecular formula is C39H50N4O6Si. The largest absolute Gasteiger partial charge is 0.490 e. The number of carbonyl (C=O) groups excluding carboxylic acids is 2. The number of piperidine rings is 1. The third kappa shape index (κ3) is 6.13. The van der Waals surface area contributed by atoms with Crippen LogP contribution in [-0.4, -0.2) is 86.1 Å². The summed E-state index contributed by atoms with van der Waals surface area (Å²) in [4.78, 5) is 46.0. The molecule has 3 N–H and O–H groups in total. The normalized spacial score (nSPS) is 25.2. The highest BCUT2D eigenvalue weighted by Crippen LogP contribution is 2.49. The first-order chi connectivity index (χ1) is 24.1. The standard InChI is InChI=1S/C39H50N4O6Si/c1-26-36(48-2)32-21-30(42-25-43(29-12-6-5-7-13-29)39(38(42)46)16-18-40-19-17-39)14-15-33(32)49-37(26)34(50(3,4)47)22-35(45)41-23-28-11-9-8-10-27(28)20-31(41)24-44/h5-15,21,26,31,34,36-37,40,44,47H,16-20,22-25H2,1-4H3/t26-,31+,34?,36-,37-/m1/s1. The van der Waals surface area contributed by atoms with Crippen LogP contribution in [0.2, 0.25) is 18.6 Å². The number of methoxy groups -OCH3 is 1. The Morgan fingerprint density at radius 2 is 1.74 bits per heavy atom. The Morgan fingerprint density at radius 1 is 1.04 bits per heavy atom. The number of ether oxygens (including phenoxy) is 2. The van der Waals surface area contributed by atoms with Gasteiger partial charge in [0.15, 0.2) is 8.32 Å². The first-order valence-electron chi connectivity index (χ1n) is 17.9. The number of benzene rings is 3. The molecule has 5 atom stereocenters. The first kappa shape index (κ1) is 34.7. The second-order valence-electron chi connectivity index (χ2n) is 15.0. The Bertz CT molecular complexity index is 1710. The van der Waals surface area contributed by atoms with E-state index in [-0.39, 0.29) is 42.9 Å². The smallest absolute Gasteiger partial charge is 0.254 e. The molecule has 2 saturated heterocycles. The summed E-state index contributed by atoms with van der Waals surface area (Å²) in [5.74, 6) is 0.461. The minimum Gasteiger partial charge on any atom is -0.490 e. The van der Waals surface area contributed by atoms with Crippen molar-refractivity contribution in [2.45, 2.75) is 81.6 Å². The SMILES string of the molecule is CO[C@H]1c2cc(N3CN(c4ccccc4)C4(CCNCC4)C3=O)ccc2O[C@@H](C(CC(=O)N2Cc3ccccc3C[C@H]2CO)[Si](C)(C)O)[C@@H]1C. The van der Waals surface area contributed by atoms with Crippen molar-refractivity contribution in [2.24, 2.45) is 5.92 Å². The monoisotopic (exact) mass is 698 g/mol. The Hall–Kier alpha value is -3.74. The van der Waals surface area contributed by atoms with Gasteiger partial charge in [0.1, 0.15) is 17.4 Å². The predicted molar refractivity (Wildman–Crippen MR) is 196 cm³/mol.